The third-order valence-electron chi connectivity index (χ3n) is 3.80. The largest absolute Gasteiger partial charge is 0.354 e. The van der Waals surface area contributed by atoms with E-state index < -0.39 is 0 Å². The first-order valence-electron chi connectivity index (χ1n) is 6.69. The van der Waals surface area contributed by atoms with E-state index in [9.17, 15) is 0 Å². The first-order valence-corrected chi connectivity index (χ1v) is 7.07. The van der Waals surface area contributed by atoms with E-state index in [0.717, 1.165) is 48.1 Å². The van der Waals surface area contributed by atoms with Crippen LogP contribution < -0.4 is 10.2 Å². The van der Waals surface area contributed by atoms with Crippen molar-refractivity contribution in [3.05, 3.63) is 34.3 Å². The number of piperazine rings is 1. The molecule has 0 aliphatic carbocycles. The molecule has 0 unspecified atom stereocenters. The summed E-state index contributed by atoms with van der Waals surface area (Å²) in [5.41, 5.74) is 3.36. The summed E-state index contributed by atoms with van der Waals surface area (Å²) in [5.74, 6) is 1.07. The summed E-state index contributed by atoms with van der Waals surface area (Å²) < 4.78 is 0. The Bertz CT molecular complexity index is 622. The van der Waals surface area contributed by atoms with E-state index in [1.54, 1.807) is 0 Å². The number of halogens is 2. The van der Waals surface area contributed by atoms with Crippen LogP contribution in [0.25, 0.3) is 10.9 Å². The fraction of sp³-hybridized carbons (Fsp3) is 0.400. The summed E-state index contributed by atoms with van der Waals surface area (Å²) in [4.78, 5) is 7.17. The average Bonchev–Trinajstić information content (AvgIpc) is 2.44. The number of rotatable bonds is 1. The van der Waals surface area contributed by atoms with E-state index in [1.165, 1.54) is 10.9 Å². The third kappa shape index (κ3) is 2.71. The molecule has 1 fully saturated rings. The first-order chi connectivity index (χ1) is 9.16. The Morgan fingerprint density at radius 1 is 1.20 bits per heavy atom. The van der Waals surface area contributed by atoms with Gasteiger partial charge in [-0.15, -0.1) is 12.4 Å². The van der Waals surface area contributed by atoms with Gasteiger partial charge in [0.15, 0.2) is 0 Å². The highest BCUT2D eigenvalue weighted by molar-refractivity contribution is 6.32. The highest BCUT2D eigenvalue weighted by Gasteiger charge is 2.14. The summed E-state index contributed by atoms with van der Waals surface area (Å²) in [5, 5.41) is 5.35. The van der Waals surface area contributed by atoms with Crippen LogP contribution in [0.4, 0.5) is 5.82 Å². The molecule has 108 valence electrons. The van der Waals surface area contributed by atoms with Crippen LogP contribution >= 0.6 is 24.0 Å². The van der Waals surface area contributed by atoms with Gasteiger partial charge in [-0.25, -0.2) is 4.98 Å². The maximum Gasteiger partial charge on any atom is 0.129 e. The summed E-state index contributed by atoms with van der Waals surface area (Å²) in [6.45, 7) is 8.25. The molecular weight excluding hydrogens is 293 g/mol. The van der Waals surface area contributed by atoms with E-state index >= 15 is 0 Å². The van der Waals surface area contributed by atoms with Gasteiger partial charge in [-0.2, -0.15) is 0 Å². The number of aryl methyl sites for hydroxylation is 2. The molecule has 0 amide bonds. The average molecular weight is 312 g/mol. The van der Waals surface area contributed by atoms with Gasteiger partial charge in [-0.3, -0.25) is 0 Å². The van der Waals surface area contributed by atoms with E-state index in [1.807, 2.05) is 13.0 Å². The second-order valence-corrected chi connectivity index (χ2v) is 5.51. The molecule has 1 saturated heterocycles. The highest BCUT2D eigenvalue weighted by Crippen LogP contribution is 2.28. The molecule has 5 heteroatoms. The Hall–Kier alpha value is -1.03. The number of fused-ring (bicyclic) bond motifs is 1. The standard InChI is InChI=1S/C15H18ClN3.ClH/c1-10-9-14(19-7-5-17-6-8-19)18-15-11(2)13(16)4-3-12(10)15;/h3-4,9,17H,5-8H2,1-2H3;1H. The van der Waals surface area contributed by atoms with Crippen molar-refractivity contribution in [2.75, 3.05) is 31.1 Å². The Balaban J connectivity index is 0.00000147. The van der Waals surface area contributed by atoms with E-state index in [-0.39, 0.29) is 12.4 Å². The van der Waals surface area contributed by atoms with Crippen molar-refractivity contribution >= 4 is 40.7 Å². The molecule has 0 bridgehead atoms. The lowest BCUT2D eigenvalue weighted by molar-refractivity contribution is 0.585. The molecule has 0 atom stereocenters. The number of pyridine rings is 1. The molecule has 20 heavy (non-hydrogen) atoms. The van der Waals surface area contributed by atoms with Crippen LogP contribution in [-0.4, -0.2) is 31.2 Å². The third-order valence-corrected chi connectivity index (χ3v) is 4.21. The second kappa shape index (κ2) is 6.17. The van der Waals surface area contributed by atoms with Crippen LogP contribution in [0.5, 0.6) is 0 Å². The van der Waals surface area contributed by atoms with E-state index in [0.29, 0.717) is 0 Å². The van der Waals surface area contributed by atoms with Gasteiger partial charge in [0, 0.05) is 36.6 Å². The maximum atomic E-state index is 6.21. The molecule has 3 rings (SSSR count). The zero-order valence-electron chi connectivity index (χ0n) is 11.7. The summed E-state index contributed by atoms with van der Waals surface area (Å²) in [6, 6.07) is 6.20. The summed E-state index contributed by atoms with van der Waals surface area (Å²) >= 11 is 6.21. The fourth-order valence-electron chi connectivity index (χ4n) is 2.61. The fourth-order valence-corrected chi connectivity index (χ4v) is 2.76. The van der Waals surface area contributed by atoms with Gasteiger partial charge >= 0.3 is 0 Å². The van der Waals surface area contributed by atoms with Crippen LogP contribution in [0.15, 0.2) is 18.2 Å². The monoisotopic (exact) mass is 311 g/mol. The first kappa shape index (κ1) is 15.4. The lowest BCUT2D eigenvalue weighted by Gasteiger charge is -2.29. The van der Waals surface area contributed by atoms with E-state index in [2.05, 4.69) is 29.3 Å². The zero-order chi connectivity index (χ0) is 13.4. The van der Waals surface area contributed by atoms with Gasteiger partial charge in [-0.05, 0) is 37.1 Å². The van der Waals surface area contributed by atoms with Gasteiger partial charge < -0.3 is 10.2 Å². The molecule has 1 aromatic heterocycles. The highest BCUT2D eigenvalue weighted by atomic mass is 35.5. The molecule has 0 radical (unpaired) electrons. The van der Waals surface area contributed by atoms with Crippen LogP contribution in [0.3, 0.4) is 0 Å². The number of anilines is 1. The molecule has 1 aliphatic heterocycles. The Morgan fingerprint density at radius 2 is 1.90 bits per heavy atom. The number of aromatic nitrogens is 1. The minimum absolute atomic E-state index is 0. The summed E-state index contributed by atoms with van der Waals surface area (Å²) in [7, 11) is 0. The Labute approximate surface area is 130 Å². The van der Waals surface area contributed by atoms with Gasteiger partial charge in [0.1, 0.15) is 5.82 Å². The molecule has 2 heterocycles. The van der Waals surface area contributed by atoms with Crippen LogP contribution in [0.1, 0.15) is 11.1 Å². The quantitative estimate of drug-likeness (QED) is 0.875. The minimum Gasteiger partial charge on any atom is -0.354 e. The zero-order valence-corrected chi connectivity index (χ0v) is 13.3. The number of benzene rings is 1. The normalized spacial score (nSPS) is 15.2. The molecule has 1 N–H and O–H groups in total. The Morgan fingerprint density at radius 3 is 2.60 bits per heavy atom. The number of hydrogen-bond acceptors (Lipinski definition) is 3. The molecule has 1 aliphatic rings. The molecule has 1 aromatic carbocycles. The van der Waals surface area contributed by atoms with E-state index in [4.69, 9.17) is 16.6 Å². The number of nitrogens with one attached hydrogen (secondary N) is 1. The van der Waals surface area contributed by atoms with Gasteiger partial charge in [0.25, 0.3) is 0 Å². The Kier molecular flexibility index (Phi) is 4.74. The predicted molar refractivity (Wildman–Crippen MR) is 88.6 cm³/mol. The van der Waals surface area contributed by atoms with Crippen LogP contribution in [0.2, 0.25) is 5.02 Å². The van der Waals surface area contributed by atoms with Crippen molar-refractivity contribution < 1.29 is 0 Å². The van der Waals surface area contributed by atoms with Gasteiger partial charge in [0.2, 0.25) is 0 Å². The molecule has 2 aromatic rings. The lowest BCUT2D eigenvalue weighted by Crippen LogP contribution is -2.43. The maximum absolute atomic E-state index is 6.21. The van der Waals surface area contributed by atoms with Gasteiger partial charge in [0.05, 0.1) is 5.52 Å². The van der Waals surface area contributed by atoms with Crippen molar-refractivity contribution in [3.8, 4) is 0 Å². The minimum atomic E-state index is 0. The number of nitrogens with zero attached hydrogens (tertiary/aromatic N) is 2. The SMILES string of the molecule is Cc1cc(N2CCNCC2)nc2c(C)c(Cl)ccc12.Cl. The molecule has 0 spiro atoms. The van der Waals surface area contributed by atoms with Crippen LogP contribution in [0, 0.1) is 13.8 Å². The van der Waals surface area contributed by atoms with Crippen molar-refractivity contribution in [3.63, 3.8) is 0 Å². The van der Waals surface area contributed by atoms with Crippen molar-refractivity contribution in [1.82, 2.24) is 10.3 Å². The lowest BCUT2D eigenvalue weighted by atomic mass is 10.1. The molecule has 3 nitrogen and oxygen atoms in total. The molecule has 0 saturated carbocycles. The van der Waals surface area contributed by atoms with Gasteiger partial charge in [-0.1, -0.05) is 17.7 Å². The van der Waals surface area contributed by atoms with Crippen molar-refractivity contribution in [2.45, 2.75) is 13.8 Å². The smallest absolute Gasteiger partial charge is 0.129 e. The van der Waals surface area contributed by atoms with Crippen molar-refractivity contribution in [1.29, 1.82) is 0 Å². The number of hydrogen-bond donors (Lipinski definition) is 1. The van der Waals surface area contributed by atoms with Crippen molar-refractivity contribution in [2.24, 2.45) is 0 Å². The molecular formula is C15H19Cl2N3. The topological polar surface area (TPSA) is 28.2 Å². The summed E-state index contributed by atoms with van der Waals surface area (Å²) in [6.07, 6.45) is 0. The predicted octanol–water partition coefficient (Wildman–Crippen LogP) is 3.34. The second-order valence-electron chi connectivity index (χ2n) is 5.10. The van der Waals surface area contributed by atoms with Crippen LogP contribution in [-0.2, 0) is 0 Å².